The molecule has 3 rings (SSSR count). The summed E-state index contributed by atoms with van der Waals surface area (Å²) in [5.41, 5.74) is 3.06. The molecule has 3 aromatic rings. The Bertz CT molecular complexity index is 793. The summed E-state index contributed by atoms with van der Waals surface area (Å²) >= 11 is 3.18. The number of nitrogens with zero attached hydrogens (tertiary/aromatic N) is 2. The van der Waals surface area contributed by atoms with Crippen LogP contribution >= 0.6 is 22.7 Å². The number of aromatic nitrogens is 2. The molecular weight excluding hydrogens is 316 g/mol. The van der Waals surface area contributed by atoms with E-state index in [1.165, 1.54) is 7.11 Å². The van der Waals surface area contributed by atoms with Crippen molar-refractivity contribution >= 4 is 40.3 Å². The first-order valence-corrected chi connectivity index (χ1v) is 8.28. The van der Waals surface area contributed by atoms with E-state index in [0.29, 0.717) is 5.57 Å². The van der Waals surface area contributed by atoms with Crippen molar-refractivity contribution in [2.75, 3.05) is 7.11 Å². The molecule has 0 aliphatic heterocycles. The molecular formula is C16H12N2O2S2. The fraction of sp³-hybridized carbons (Fsp3) is 0.0625. The smallest absolute Gasteiger partial charge is 0.338 e. The molecule has 0 spiro atoms. The van der Waals surface area contributed by atoms with Crippen molar-refractivity contribution in [3.8, 4) is 10.6 Å². The molecule has 3 heterocycles. The Labute approximate surface area is 135 Å². The van der Waals surface area contributed by atoms with Crippen LogP contribution in [0.1, 0.15) is 11.3 Å². The van der Waals surface area contributed by atoms with E-state index in [-0.39, 0.29) is 0 Å². The van der Waals surface area contributed by atoms with Crippen LogP contribution in [0.15, 0.2) is 46.7 Å². The van der Waals surface area contributed by atoms with Gasteiger partial charge in [-0.3, -0.25) is 4.98 Å². The van der Waals surface area contributed by atoms with Crippen molar-refractivity contribution in [3.05, 3.63) is 58.0 Å². The van der Waals surface area contributed by atoms with Crippen molar-refractivity contribution < 1.29 is 9.53 Å². The van der Waals surface area contributed by atoms with E-state index in [2.05, 4.69) is 15.3 Å². The van der Waals surface area contributed by atoms with Gasteiger partial charge in [-0.05, 0) is 35.2 Å². The number of methoxy groups -OCH3 is 1. The Hall–Kier alpha value is -2.31. The van der Waals surface area contributed by atoms with Gasteiger partial charge in [0.1, 0.15) is 5.01 Å². The lowest BCUT2D eigenvalue weighted by Gasteiger charge is -2.04. The van der Waals surface area contributed by atoms with Crippen LogP contribution in [0, 0.1) is 0 Å². The summed E-state index contributed by atoms with van der Waals surface area (Å²) in [7, 11) is 1.37. The zero-order chi connectivity index (χ0) is 15.4. The lowest BCUT2D eigenvalue weighted by molar-refractivity contribution is -0.133. The molecule has 0 unspecified atom stereocenters. The van der Waals surface area contributed by atoms with E-state index in [4.69, 9.17) is 4.74 Å². The third-order valence-corrected chi connectivity index (χ3v) is 4.57. The van der Waals surface area contributed by atoms with Gasteiger partial charge in [-0.2, -0.15) is 11.3 Å². The number of carbonyl (C=O) groups excluding carboxylic acids is 1. The molecule has 110 valence electrons. The molecule has 0 saturated heterocycles. The zero-order valence-electron chi connectivity index (χ0n) is 11.7. The maximum Gasteiger partial charge on any atom is 0.338 e. The first-order chi connectivity index (χ1) is 10.8. The van der Waals surface area contributed by atoms with Gasteiger partial charge in [-0.25, -0.2) is 9.78 Å². The van der Waals surface area contributed by atoms with Gasteiger partial charge >= 0.3 is 5.97 Å². The van der Waals surface area contributed by atoms with Gasteiger partial charge in [0.2, 0.25) is 0 Å². The molecule has 0 aliphatic rings. The second kappa shape index (κ2) is 6.64. The van der Waals surface area contributed by atoms with Gasteiger partial charge < -0.3 is 4.74 Å². The Morgan fingerprint density at radius 2 is 2.05 bits per heavy atom. The van der Waals surface area contributed by atoms with Crippen LogP contribution < -0.4 is 0 Å². The second-order valence-corrected chi connectivity index (χ2v) is 6.01. The maximum absolute atomic E-state index is 12.0. The predicted octanol–water partition coefficient (Wildman–Crippen LogP) is 3.98. The zero-order valence-corrected chi connectivity index (χ0v) is 13.4. The third kappa shape index (κ3) is 3.13. The number of hydrogen-bond acceptors (Lipinski definition) is 6. The Morgan fingerprint density at radius 1 is 1.23 bits per heavy atom. The van der Waals surface area contributed by atoms with Gasteiger partial charge in [-0.1, -0.05) is 0 Å². The average Bonchev–Trinajstić information content (AvgIpc) is 3.24. The first kappa shape index (κ1) is 14.6. The minimum atomic E-state index is -0.392. The Balaban J connectivity index is 1.98. The molecule has 0 radical (unpaired) electrons. The van der Waals surface area contributed by atoms with E-state index in [1.54, 1.807) is 53.3 Å². The number of thiophene rings is 1. The highest BCUT2D eigenvalue weighted by Gasteiger charge is 2.13. The minimum Gasteiger partial charge on any atom is -0.465 e. The lowest BCUT2D eigenvalue weighted by atomic mass is 10.1. The van der Waals surface area contributed by atoms with Crippen LogP contribution in [-0.2, 0) is 9.53 Å². The van der Waals surface area contributed by atoms with Crippen LogP contribution in [0.25, 0.3) is 22.2 Å². The van der Waals surface area contributed by atoms with Gasteiger partial charge in [0.05, 0.1) is 18.4 Å². The lowest BCUT2D eigenvalue weighted by Crippen LogP contribution is -2.04. The predicted molar refractivity (Wildman–Crippen MR) is 89.6 cm³/mol. The van der Waals surface area contributed by atoms with E-state index in [9.17, 15) is 4.79 Å². The van der Waals surface area contributed by atoms with Gasteiger partial charge in [0.15, 0.2) is 0 Å². The van der Waals surface area contributed by atoms with Gasteiger partial charge in [0, 0.05) is 28.7 Å². The summed E-state index contributed by atoms with van der Waals surface area (Å²) in [5, 5.41) is 6.93. The van der Waals surface area contributed by atoms with Crippen LogP contribution in [0.4, 0.5) is 0 Å². The van der Waals surface area contributed by atoms with E-state index in [1.807, 2.05) is 16.8 Å². The quantitative estimate of drug-likeness (QED) is 0.537. The summed E-state index contributed by atoms with van der Waals surface area (Å²) in [6.45, 7) is 0. The Kier molecular flexibility index (Phi) is 4.41. The van der Waals surface area contributed by atoms with Crippen molar-refractivity contribution in [1.82, 2.24) is 9.97 Å². The molecule has 6 heteroatoms. The summed E-state index contributed by atoms with van der Waals surface area (Å²) in [6, 6.07) is 5.57. The van der Waals surface area contributed by atoms with Gasteiger partial charge in [0.25, 0.3) is 0 Å². The number of rotatable bonds is 4. The summed E-state index contributed by atoms with van der Waals surface area (Å²) in [4.78, 5) is 20.5. The third-order valence-electron chi connectivity index (χ3n) is 2.98. The fourth-order valence-corrected chi connectivity index (χ4v) is 3.41. The van der Waals surface area contributed by atoms with Crippen LogP contribution in [0.2, 0.25) is 0 Å². The van der Waals surface area contributed by atoms with Crippen LogP contribution in [0.3, 0.4) is 0 Å². The molecule has 0 aliphatic carbocycles. The summed E-state index contributed by atoms with van der Waals surface area (Å²) in [6.07, 6.45) is 5.03. The van der Waals surface area contributed by atoms with Crippen molar-refractivity contribution in [2.24, 2.45) is 0 Å². The largest absolute Gasteiger partial charge is 0.465 e. The number of thiazole rings is 1. The number of esters is 1. The number of carbonyl (C=O) groups is 1. The number of hydrogen-bond donors (Lipinski definition) is 0. The molecule has 0 fully saturated rings. The molecule has 0 amide bonds. The van der Waals surface area contributed by atoms with Crippen molar-refractivity contribution in [1.29, 1.82) is 0 Å². The van der Waals surface area contributed by atoms with E-state index in [0.717, 1.165) is 21.8 Å². The Morgan fingerprint density at radius 3 is 2.73 bits per heavy atom. The molecule has 22 heavy (non-hydrogen) atoms. The fourth-order valence-electron chi connectivity index (χ4n) is 1.92. The molecule has 0 saturated carbocycles. The van der Waals surface area contributed by atoms with Crippen molar-refractivity contribution in [2.45, 2.75) is 0 Å². The molecule has 0 bridgehead atoms. The standard InChI is InChI=1S/C16H12N2O2S2/c1-20-16(19)14(11-2-5-17-6-3-11)8-13-10-22-15(18-13)12-4-7-21-9-12/h2-10H,1H3. The first-order valence-electron chi connectivity index (χ1n) is 6.46. The minimum absolute atomic E-state index is 0.392. The molecule has 0 aromatic carbocycles. The highest BCUT2D eigenvalue weighted by atomic mass is 32.1. The highest BCUT2D eigenvalue weighted by Crippen LogP contribution is 2.27. The molecule has 4 nitrogen and oxygen atoms in total. The van der Waals surface area contributed by atoms with E-state index >= 15 is 0 Å². The second-order valence-electron chi connectivity index (χ2n) is 4.38. The van der Waals surface area contributed by atoms with E-state index < -0.39 is 5.97 Å². The number of ether oxygens (including phenoxy) is 1. The summed E-state index contributed by atoms with van der Waals surface area (Å²) < 4.78 is 4.87. The molecule has 0 N–H and O–H groups in total. The topological polar surface area (TPSA) is 52.1 Å². The monoisotopic (exact) mass is 328 g/mol. The maximum atomic E-state index is 12.0. The summed E-state index contributed by atoms with van der Waals surface area (Å²) in [5.74, 6) is -0.392. The van der Waals surface area contributed by atoms with Crippen molar-refractivity contribution in [3.63, 3.8) is 0 Å². The SMILES string of the molecule is COC(=O)C(=Cc1csc(-c2ccsc2)n1)c1ccncc1. The number of pyridine rings is 1. The average molecular weight is 328 g/mol. The highest BCUT2D eigenvalue weighted by molar-refractivity contribution is 7.14. The van der Waals surface area contributed by atoms with Crippen LogP contribution in [-0.4, -0.2) is 23.0 Å². The molecule has 0 atom stereocenters. The van der Waals surface area contributed by atoms with Gasteiger partial charge in [-0.15, -0.1) is 11.3 Å². The molecule has 3 aromatic heterocycles. The van der Waals surface area contributed by atoms with Crippen LogP contribution in [0.5, 0.6) is 0 Å². The normalized spacial score (nSPS) is 11.4.